The van der Waals surface area contributed by atoms with E-state index in [1.807, 2.05) is 5.32 Å². The molecule has 0 radical (unpaired) electrons. The Balaban J connectivity index is 1.33. The van der Waals surface area contributed by atoms with Crippen LogP contribution in [0.25, 0.3) is 27.9 Å². The summed E-state index contributed by atoms with van der Waals surface area (Å²) < 4.78 is 73.3. The van der Waals surface area contributed by atoms with E-state index in [0.29, 0.717) is 43.7 Å². The summed E-state index contributed by atoms with van der Waals surface area (Å²) in [6.45, 7) is 5.02. The van der Waals surface area contributed by atoms with Crippen LogP contribution in [0.3, 0.4) is 0 Å². The van der Waals surface area contributed by atoms with Crippen molar-refractivity contribution >= 4 is 17.6 Å². The largest absolute Gasteiger partial charge is 0.471 e. The van der Waals surface area contributed by atoms with E-state index in [1.54, 1.807) is 39.4 Å². The van der Waals surface area contributed by atoms with E-state index < -0.39 is 42.6 Å². The molecule has 2 aliphatic rings. The summed E-state index contributed by atoms with van der Waals surface area (Å²) in [5, 5.41) is 10.8. The third-order valence-corrected chi connectivity index (χ3v) is 7.96. The fraction of sp³-hybridized carbons (Fsp3) is 0.469. The molecule has 12 nitrogen and oxygen atoms in total. The molecule has 14 heteroatoms. The average Bonchev–Trinajstić information content (AvgIpc) is 3.78. The molecule has 5 heterocycles. The molecular weight excluding hydrogens is 600 g/mol. The standard InChI is InChI=1S/C32H37F2N7O5/c1-18-10-19(29(42)35-5)11-22(27(18)34)23-13-37-41-15-24(30(38-28(23)41)45-21-7-9-44-17-21)20-12-36-40(14-20)26-6-8-39(16-25(26)33)31(43)46-32(2,3)4/h10-15,21,25-26H,6-9,16-17H2,1-5H3,(H,35,42)/t21-,25+,26+/m0/s1/i5D3. The van der Waals surface area contributed by atoms with E-state index >= 15 is 8.78 Å². The van der Waals surface area contributed by atoms with Gasteiger partial charge in [0.05, 0.1) is 43.8 Å². The van der Waals surface area contributed by atoms with Crippen LogP contribution in [0.15, 0.2) is 36.9 Å². The number of piperidine rings is 1. The highest BCUT2D eigenvalue weighted by Crippen LogP contribution is 2.36. The molecule has 0 unspecified atom stereocenters. The smallest absolute Gasteiger partial charge is 0.410 e. The van der Waals surface area contributed by atoms with Crippen LogP contribution in [0, 0.1) is 12.7 Å². The van der Waals surface area contributed by atoms with Gasteiger partial charge in [0.2, 0.25) is 5.88 Å². The first-order valence-corrected chi connectivity index (χ1v) is 15.0. The Bertz CT molecular complexity index is 1880. The Kier molecular flexibility index (Phi) is 7.41. The Hall–Kier alpha value is -4.59. The first-order valence-electron chi connectivity index (χ1n) is 16.5. The maximum atomic E-state index is 15.6. The van der Waals surface area contributed by atoms with E-state index in [1.165, 1.54) is 39.4 Å². The lowest BCUT2D eigenvalue weighted by atomic mass is 10.0. The second-order valence-electron chi connectivity index (χ2n) is 12.5. The summed E-state index contributed by atoms with van der Waals surface area (Å²) >= 11 is 0. The number of aryl methyl sites for hydroxylation is 1. The number of halogens is 2. The minimum Gasteiger partial charge on any atom is -0.471 e. The van der Waals surface area contributed by atoms with E-state index in [4.69, 9.17) is 23.3 Å². The fourth-order valence-corrected chi connectivity index (χ4v) is 5.65. The van der Waals surface area contributed by atoms with E-state index in [0.717, 1.165) is 0 Å². The van der Waals surface area contributed by atoms with Crippen molar-refractivity contribution in [1.82, 2.24) is 34.6 Å². The van der Waals surface area contributed by atoms with E-state index in [9.17, 15) is 9.59 Å². The van der Waals surface area contributed by atoms with Gasteiger partial charge in [-0.15, -0.1) is 0 Å². The zero-order chi connectivity index (χ0) is 35.2. The van der Waals surface area contributed by atoms with Gasteiger partial charge in [0.15, 0.2) is 5.65 Å². The normalized spacial score (nSPS) is 21.5. The first kappa shape index (κ1) is 27.7. The highest BCUT2D eigenvalue weighted by molar-refractivity contribution is 5.96. The highest BCUT2D eigenvalue weighted by Gasteiger charge is 2.35. The fourth-order valence-electron chi connectivity index (χ4n) is 5.65. The maximum absolute atomic E-state index is 15.6. The Morgan fingerprint density at radius 3 is 2.67 bits per heavy atom. The number of nitrogens with zero attached hydrogens (tertiary/aromatic N) is 6. The Labute approximate surface area is 268 Å². The molecule has 0 aliphatic carbocycles. The number of aromatic nitrogens is 5. The SMILES string of the molecule is [2H]C([2H])([2H])NC(=O)c1cc(C)c(F)c(-c2cnn3cc(-c4cnn([C@@H]5CCN(C(=O)OC(C)(C)C)C[C@H]5F)c4)c(O[C@H]4CCOC4)nc23)c1. The molecule has 0 saturated carbocycles. The van der Waals surface area contributed by atoms with Crippen LogP contribution in [0.1, 0.15) is 59.7 Å². The van der Waals surface area contributed by atoms with Gasteiger partial charge in [-0.25, -0.2) is 18.1 Å². The molecule has 2 amide bonds. The molecule has 0 spiro atoms. The molecule has 2 aliphatic heterocycles. The number of benzene rings is 1. The third kappa shape index (κ3) is 6.26. The average molecular weight is 641 g/mol. The van der Waals surface area contributed by atoms with Crippen LogP contribution in [0.2, 0.25) is 0 Å². The minimum absolute atomic E-state index is 0.000577. The van der Waals surface area contributed by atoms with Gasteiger partial charge in [-0.05, 0) is 51.8 Å². The first-order chi connectivity index (χ1) is 23.1. The number of likely N-dealkylation sites (tertiary alicyclic amines) is 1. The molecular formula is C32H37F2N7O5. The lowest BCUT2D eigenvalue weighted by Crippen LogP contribution is -2.47. The minimum atomic E-state index is -2.73. The molecule has 3 atom stereocenters. The molecule has 1 aromatic carbocycles. The van der Waals surface area contributed by atoms with Crippen LogP contribution in [-0.4, -0.2) is 92.4 Å². The molecule has 3 aromatic heterocycles. The lowest BCUT2D eigenvalue weighted by Gasteiger charge is -2.35. The van der Waals surface area contributed by atoms with Crippen molar-refractivity contribution in [1.29, 1.82) is 0 Å². The van der Waals surface area contributed by atoms with E-state index in [-0.39, 0.29) is 46.4 Å². The molecule has 4 aromatic rings. The summed E-state index contributed by atoms with van der Waals surface area (Å²) in [7, 11) is 0. The highest BCUT2D eigenvalue weighted by atomic mass is 19.1. The van der Waals surface area contributed by atoms with Gasteiger partial charge >= 0.3 is 6.09 Å². The summed E-state index contributed by atoms with van der Waals surface area (Å²) in [6, 6.07) is 1.90. The summed E-state index contributed by atoms with van der Waals surface area (Å²) in [6.07, 6.45) is 4.95. The molecule has 244 valence electrons. The molecule has 2 fully saturated rings. The topological polar surface area (TPSA) is 125 Å². The molecule has 1 N–H and O–H groups in total. The van der Waals surface area contributed by atoms with Crippen LogP contribution in [0.5, 0.6) is 5.88 Å². The number of carbonyl (C=O) groups excluding carboxylic acids is 2. The van der Waals surface area contributed by atoms with Gasteiger partial charge in [-0.2, -0.15) is 15.2 Å². The summed E-state index contributed by atoms with van der Waals surface area (Å²) in [4.78, 5) is 31.3. The van der Waals surface area contributed by atoms with Crippen LogP contribution in [0.4, 0.5) is 13.6 Å². The van der Waals surface area contributed by atoms with Gasteiger partial charge in [0.25, 0.3) is 5.91 Å². The number of hydrogen-bond acceptors (Lipinski definition) is 8. The van der Waals surface area contributed by atoms with Gasteiger partial charge < -0.3 is 24.4 Å². The number of nitrogens with one attached hydrogen (secondary N) is 1. The lowest BCUT2D eigenvalue weighted by molar-refractivity contribution is 0.00575. The van der Waals surface area contributed by atoms with E-state index in [2.05, 4.69) is 10.2 Å². The number of ether oxygens (including phenoxy) is 3. The van der Waals surface area contributed by atoms with Crippen molar-refractivity contribution in [3.8, 4) is 28.1 Å². The number of hydrogen-bond donors (Lipinski definition) is 1. The molecule has 0 bridgehead atoms. The van der Waals surface area contributed by atoms with Gasteiger partial charge in [0.1, 0.15) is 23.7 Å². The van der Waals surface area contributed by atoms with Crippen molar-refractivity contribution in [2.75, 3.05) is 33.3 Å². The predicted octanol–water partition coefficient (Wildman–Crippen LogP) is 4.75. The number of fused-ring (bicyclic) bond motifs is 1. The second kappa shape index (κ2) is 12.3. The summed E-state index contributed by atoms with van der Waals surface area (Å²) in [5.74, 6) is -1.32. The van der Waals surface area contributed by atoms with Gasteiger partial charge in [-0.3, -0.25) is 9.48 Å². The zero-order valence-electron chi connectivity index (χ0n) is 28.9. The quantitative estimate of drug-likeness (QED) is 0.320. The van der Waals surface area contributed by atoms with Crippen LogP contribution < -0.4 is 10.1 Å². The van der Waals surface area contributed by atoms with Crippen molar-refractivity contribution in [3.63, 3.8) is 0 Å². The zero-order valence-corrected chi connectivity index (χ0v) is 25.9. The van der Waals surface area contributed by atoms with Crippen molar-refractivity contribution in [2.24, 2.45) is 0 Å². The van der Waals surface area contributed by atoms with Gasteiger partial charge in [0, 0.05) is 58.7 Å². The Morgan fingerprint density at radius 1 is 1.13 bits per heavy atom. The molecule has 46 heavy (non-hydrogen) atoms. The number of carbonyl (C=O) groups is 2. The number of rotatable bonds is 6. The second-order valence-corrected chi connectivity index (χ2v) is 12.5. The van der Waals surface area contributed by atoms with Crippen molar-refractivity contribution in [3.05, 3.63) is 53.9 Å². The van der Waals surface area contributed by atoms with Crippen LogP contribution in [-0.2, 0) is 9.47 Å². The number of alkyl halides is 1. The summed E-state index contributed by atoms with van der Waals surface area (Å²) in [5.41, 5.74) is 0.902. The van der Waals surface area contributed by atoms with Gasteiger partial charge in [-0.1, -0.05) is 0 Å². The Morgan fingerprint density at radius 2 is 1.96 bits per heavy atom. The van der Waals surface area contributed by atoms with Crippen LogP contribution >= 0.6 is 0 Å². The monoisotopic (exact) mass is 640 g/mol. The predicted molar refractivity (Wildman–Crippen MR) is 164 cm³/mol. The number of amides is 2. The molecule has 2 saturated heterocycles. The van der Waals surface area contributed by atoms with Crippen molar-refractivity contribution in [2.45, 2.75) is 64.5 Å². The molecule has 6 rings (SSSR count). The maximum Gasteiger partial charge on any atom is 0.410 e. The third-order valence-electron chi connectivity index (χ3n) is 7.96. The van der Waals surface area contributed by atoms with Crippen molar-refractivity contribution < 1.29 is 36.7 Å².